The summed E-state index contributed by atoms with van der Waals surface area (Å²) in [7, 11) is 0. The van der Waals surface area contributed by atoms with Gasteiger partial charge in [0.2, 0.25) is 0 Å². The summed E-state index contributed by atoms with van der Waals surface area (Å²) < 4.78 is 38.5. The lowest BCUT2D eigenvalue weighted by atomic mass is 10.1. The molecular weight excluding hydrogens is 301 g/mol. The zero-order valence-corrected chi connectivity index (χ0v) is 12.2. The average Bonchev–Trinajstić information content (AvgIpc) is 2.44. The van der Waals surface area contributed by atoms with E-state index in [1.165, 1.54) is 24.0 Å². The number of benzene rings is 1. The van der Waals surface area contributed by atoms with E-state index in [1.54, 1.807) is 0 Å². The molecule has 0 bridgehead atoms. The van der Waals surface area contributed by atoms with Crippen molar-refractivity contribution >= 4 is 11.7 Å². The third-order valence-electron chi connectivity index (χ3n) is 3.12. The third-order valence-corrected chi connectivity index (χ3v) is 3.12. The van der Waals surface area contributed by atoms with E-state index < -0.39 is 17.8 Å². The molecule has 1 rings (SSSR count). The largest absolute Gasteiger partial charge is 0.416 e. The molecule has 22 heavy (non-hydrogen) atoms. The van der Waals surface area contributed by atoms with E-state index in [2.05, 4.69) is 5.32 Å². The molecule has 0 unspecified atom stereocenters. The molecule has 0 saturated heterocycles. The molecule has 1 aromatic carbocycles. The summed E-state index contributed by atoms with van der Waals surface area (Å²) in [6, 6.07) is 2.92. The van der Waals surface area contributed by atoms with E-state index >= 15 is 0 Å². The van der Waals surface area contributed by atoms with Crippen molar-refractivity contribution in [1.29, 1.82) is 0 Å². The van der Waals surface area contributed by atoms with Crippen LogP contribution in [-0.4, -0.2) is 47.4 Å². The Morgan fingerprint density at radius 2 is 1.91 bits per heavy atom. The molecule has 0 aliphatic heterocycles. The number of amides is 2. The van der Waals surface area contributed by atoms with Gasteiger partial charge in [-0.3, -0.25) is 0 Å². The SMILES string of the molecule is Cc1c(NC(=O)N(CCO)CCCO)cccc1C(F)(F)F. The van der Waals surface area contributed by atoms with Gasteiger partial charge in [-0.05, 0) is 31.0 Å². The van der Waals surface area contributed by atoms with E-state index in [4.69, 9.17) is 10.2 Å². The Morgan fingerprint density at radius 3 is 2.45 bits per heavy atom. The number of hydrogen-bond acceptors (Lipinski definition) is 3. The molecule has 0 aliphatic carbocycles. The van der Waals surface area contributed by atoms with Crippen LogP contribution in [0.25, 0.3) is 0 Å². The minimum absolute atomic E-state index is 0.0316. The van der Waals surface area contributed by atoms with Crippen molar-refractivity contribution < 1.29 is 28.2 Å². The van der Waals surface area contributed by atoms with Crippen molar-refractivity contribution in [1.82, 2.24) is 4.90 Å². The van der Waals surface area contributed by atoms with Crippen molar-refractivity contribution in [3.05, 3.63) is 29.3 Å². The van der Waals surface area contributed by atoms with E-state index in [0.29, 0.717) is 6.42 Å². The fourth-order valence-corrected chi connectivity index (χ4v) is 1.97. The standard InChI is InChI=1S/C14H19F3N2O3/c1-10-11(14(15,16)17)4-2-5-12(10)18-13(22)19(7-9-21)6-3-8-20/h2,4-5,20-21H,3,6-9H2,1H3,(H,18,22). The second-order valence-electron chi connectivity index (χ2n) is 4.69. The normalized spacial score (nSPS) is 11.4. The number of carbonyl (C=O) groups excluding carboxylic acids is 1. The van der Waals surface area contributed by atoms with Crippen molar-refractivity contribution in [3.63, 3.8) is 0 Å². The number of nitrogens with zero attached hydrogens (tertiary/aromatic N) is 1. The zero-order chi connectivity index (χ0) is 16.8. The smallest absolute Gasteiger partial charge is 0.396 e. The summed E-state index contributed by atoms with van der Waals surface area (Å²) in [5, 5.41) is 20.1. The van der Waals surface area contributed by atoms with Gasteiger partial charge in [0.15, 0.2) is 0 Å². The van der Waals surface area contributed by atoms with Crippen LogP contribution in [0.2, 0.25) is 0 Å². The van der Waals surface area contributed by atoms with Gasteiger partial charge in [0.05, 0.1) is 12.2 Å². The zero-order valence-electron chi connectivity index (χ0n) is 12.2. The third kappa shape index (κ3) is 4.88. The number of anilines is 1. The van der Waals surface area contributed by atoms with Crippen molar-refractivity contribution in [2.45, 2.75) is 19.5 Å². The molecule has 5 nitrogen and oxygen atoms in total. The summed E-state index contributed by atoms with van der Waals surface area (Å²) in [5.41, 5.74) is -0.824. The Bertz CT molecular complexity index is 507. The fraction of sp³-hybridized carbons (Fsp3) is 0.500. The van der Waals surface area contributed by atoms with Crippen LogP contribution < -0.4 is 5.32 Å². The van der Waals surface area contributed by atoms with E-state index in [1.807, 2.05) is 0 Å². The summed E-state index contributed by atoms with van der Waals surface area (Å²) in [6.07, 6.45) is -4.18. The molecule has 0 heterocycles. The minimum Gasteiger partial charge on any atom is -0.396 e. The Kier molecular flexibility index (Phi) is 6.63. The van der Waals surface area contributed by atoms with Crippen LogP contribution in [0.4, 0.5) is 23.7 Å². The number of nitrogens with one attached hydrogen (secondary N) is 1. The second kappa shape index (κ2) is 8.00. The van der Waals surface area contributed by atoms with Crippen LogP contribution in [-0.2, 0) is 6.18 Å². The predicted molar refractivity (Wildman–Crippen MR) is 75.6 cm³/mol. The lowest BCUT2D eigenvalue weighted by Gasteiger charge is -2.23. The first-order valence-corrected chi connectivity index (χ1v) is 6.75. The first-order valence-electron chi connectivity index (χ1n) is 6.75. The topological polar surface area (TPSA) is 72.8 Å². The maximum Gasteiger partial charge on any atom is 0.416 e. The van der Waals surface area contributed by atoms with Crippen molar-refractivity contribution in [2.24, 2.45) is 0 Å². The highest BCUT2D eigenvalue weighted by molar-refractivity contribution is 5.90. The average molecular weight is 320 g/mol. The molecular formula is C14H19F3N2O3. The quantitative estimate of drug-likeness (QED) is 0.752. The summed E-state index contributed by atoms with van der Waals surface area (Å²) in [5.74, 6) is 0. The Hall–Kier alpha value is -1.80. The maximum absolute atomic E-state index is 12.8. The Balaban J connectivity index is 2.91. The number of aliphatic hydroxyl groups excluding tert-OH is 2. The molecule has 8 heteroatoms. The molecule has 3 N–H and O–H groups in total. The molecule has 124 valence electrons. The number of carbonyl (C=O) groups is 1. The van der Waals surface area contributed by atoms with Crippen molar-refractivity contribution in [2.75, 3.05) is 31.6 Å². The van der Waals surface area contributed by atoms with Crippen LogP contribution in [0.1, 0.15) is 17.5 Å². The number of urea groups is 1. The van der Waals surface area contributed by atoms with Crippen LogP contribution in [0, 0.1) is 6.92 Å². The molecule has 0 radical (unpaired) electrons. The van der Waals surface area contributed by atoms with Gasteiger partial charge in [-0.1, -0.05) is 6.07 Å². The maximum atomic E-state index is 12.8. The number of rotatable bonds is 6. The monoisotopic (exact) mass is 320 g/mol. The van der Waals surface area contributed by atoms with Gasteiger partial charge in [0, 0.05) is 25.4 Å². The predicted octanol–water partition coefficient (Wildman–Crippen LogP) is 2.22. The van der Waals surface area contributed by atoms with Crippen LogP contribution in [0.5, 0.6) is 0 Å². The summed E-state index contributed by atoms with van der Waals surface area (Å²) >= 11 is 0. The molecule has 1 aromatic rings. The van der Waals surface area contributed by atoms with Gasteiger partial charge in [-0.15, -0.1) is 0 Å². The van der Waals surface area contributed by atoms with Gasteiger partial charge < -0.3 is 20.4 Å². The second-order valence-corrected chi connectivity index (χ2v) is 4.69. The lowest BCUT2D eigenvalue weighted by molar-refractivity contribution is -0.138. The Labute approximate surface area is 126 Å². The number of aliphatic hydroxyl groups is 2. The first kappa shape index (κ1) is 18.2. The van der Waals surface area contributed by atoms with Crippen molar-refractivity contribution in [3.8, 4) is 0 Å². The van der Waals surface area contributed by atoms with Gasteiger partial charge in [-0.2, -0.15) is 13.2 Å². The Morgan fingerprint density at radius 1 is 1.23 bits per heavy atom. The highest BCUT2D eigenvalue weighted by atomic mass is 19.4. The molecule has 0 atom stereocenters. The summed E-state index contributed by atoms with van der Waals surface area (Å²) in [6.45, 7) is 1.10. The van der Waals surface area contributed by atoms with Gasteiger partial charge in [0.25, 0.3) is 0 Å². The van der Waals surface area contributed by atoms with E-state index in [-0.39, 0.29) is 37.6 Å². The summed E-state index contributed by atoms with van der Waals surface area (Å²) in [4.78, 5) is 13.3. The molecule has 0 fully saturated rings. The molecule has 2 amide bonds. The van der Waals surface area contributed by atoms with Gasteiger partial charge in [-0.25, -0.2) is 4.79 Å². The molecule has 0 saturated carbocycles. The number of alkyl halides is 3. The van der Waals surface area contributed by atoms with Crippen LogP contribution >= 0.6 is 0 Å². The number of halogens is 3. The lowest BCUT2D eigenvalue weighted by Crippen LogP contribution is -2.38. The van der Waals surface area contributed by atoms with E-state index in [9.17, 15) is 18.0 Å². The molecule has 0 spiro atoms. The van der Waals surface area contributed by atoms with Gasteiger partial charge in [0.1, 0.15) is 0 Å². The van der Waals surface area contributed by atoms with Crippen LogP contribution in [0.3, 0.4) is 0 Å². The first-order chi connectivity index (χ1) is 10.3. The molecule has 0 aliphatic rings. The molecule has 0 aromatic heterocycles. The highest BCUT2D eigenvalue weighted by Crippen LogP contribution is 2.34. The number of hydrogen-bond donors (Lipinski definition) is 3. The minimum atomic E-state index is -4.49. The fourth-order valence-electron chi connectivity index (χ4n) is 1.97. The van der Waals surface area contributed by atoms with Crippen LogP contribution in [0.15, 0.2) is 18.2 Å². The van der Waals surface area contributed by atoms with E-state index in [0.717, 1.165) is 6.07 Å². The highest BCUT2D eigenvalue weighted by Gasteiger charge is 2.33. The van der Waals surface area contributed by atoms with Gasteiger partial charge >= 0.3 is 12.2 Å².